The molecule has 0 aliphatic heterocycles. The van der Waals surface area contributed by atoms with Gasteiger partial charge in [0.2, 0.25) is 5.75 Å². The van der Waals surface area contributed by atoms with E-state index in [1.54, 1.807) is 0 Å². The number of aliphatic imine (C=N–C) groups is 1. The third-order valence-electron chi connectivity index (χ3n) is 2.85. The number of phenolic OH excluding ortho intramolecular Hbond substituents is 1. The Hall–Kier alpha value is -1.47. The molecule has 7 heteroatoms. The van der Waals surface area contributed by atoms with E-state index in [0.29, 0.717) is 4.47 Å². The summed E-state index contributed by atoms with van der Waals surface area (Å²) in [5, 5.41) is 30.0. The summed E-state index contributed by atoms with van der Waals surface area (Å²) >= 11 is 3.15. The Labute approximate surface area is 125 Å². The number of nitrogens with zero attached hydrogens (tertiary/aromatic N) is 2. The summed E-state index contributed by atoms with van der Waals surface area (Å²) in [6, 6.07) is 2.39. The van der Waals surface area contributed by atoms with Gasteiger partial charge in [-0.3, -0.25) is 15.1 Å². The lowest BCUT2D eigenvalue weighted by molar-refractivity contribution is -0.385. The Morgan fingerprint density at radius 2 is 2.10 bits per heavy atom. The van der Waals surface area contributed by atoms with Crippen LogP contribution in [0.25, 0.3) is 0 Å². The van der Waals surface area contributed by atoms with Gasteiger partial charge in [-0.05, 0) is 11.5 Å². The van der Waals surface area contributed by atoms with Gasteiger partial charge in [-0.25, -0.2) is 0 Å². The number of aromatic hydroxyl groups is 1. The molecule has 0 spiro atoms. The normalized spacial score (nSPS) is 13.7. The number of aliphatic hydroxyl groups is 1. The van der Waals surface area contributed by atoms with E-state index < -0.39 is 16.4 Å². The van der Waals surface area contributed by atoms with E-state index in [2.05, 4.69) is 20.9 Å². The van der Waals surface area contributed by atoms with Crippen LogP contribution >= 0.6 is 15.9 Å². The van der Waals surface area contributed by atoms with Crippen LogP contribution in [0.5, 0.6) is 5.75 Å². The Bertz CT molecular complexity index is 538. The maximum atomic E-state index is 10.8. The first-order valence-electron chi connectivity index (χ1n) is 5.97. The minimum atomic E-state index is -0.662. The molecule has 20 heavy (non-hydrogen) atoms. The molecule has 1 aromatic rings. The fourth-order valence-corrected chi connectivity index (χ4v) is 2.02. The molecule has 1 aromatic carbocycles. The van der Waals surface area contributed by atoms with Gasteiger partial charge in [0.25, 0.3) is 0 Å². The van der Waals surface area contributed by atoms with Crippen LogP contribution in [0.2, 0.25) is 0 Å². The second-order valence-corrected chi connectivity index (χ2v) is 6.38. The van der Waals surface area contributed by atoms with Crippen molar-refractivity contribution in [3.8, 4) is 5.75 Å². The van der Waals surface area contributed by atoms with E-state index >= 15 is 0 Å². The molecular formula is C13H17BrN2O4. The largest absolute Gasteiger partial charge is 0.502 e. The second-order valence-electron chi connectivity index (χ2n) is 5.46. The van der Waals surface area contributed by atoms with Crippen LogP contribution in [-0.2, 0) is 0 Å². The molecule has 0 heterocycles. The van der Waals surface area contributed by atoms with E-state index in [4.69, 9.17) is 0 Å². The van der Waals surface area contributed by atoms with E-state index in [1.807, 2.05) is 20.8 Å². The monoisotopic (exact) mass is 344 g/mol. The highest BCUT2D eigenvalue weighted by atomic mass is 79.9. The molecule has 0 saturated carbocycles. The number of phenols is 1. The van der Waals surface area contributed by atoms with Crippen LogP contribution in [0.15, 0.2) is 21.6 Å². The average Bonchev–Trinajstić information content (AvgIpc) is 2.31. The Kier molecular flexibility index (Phi) is 5.24. The van der Waals surface area contributed by atoms with Gasteiger partial charge in [0, 0.05) is 22.3 Å². The molecule has 1 rings (SSSR count). The molecule has 2 N–H and O–H groups in total. The fourth-order valence-electron chi connectivity index (χ4n) is 1.56. The van der Waals surface area contributed by atoms with Gasteiger partial charge < -0.3 is 10.2 Å². The molecule has 110 valence electrons. The predicted octanol–water partition coefficient (Wildman–Crippen LogP) is 2.89. The van der Waals surface area contributed by atoms with Crippen molar-refractivity contribution in [1.82, 2.24) is 0 Å². The average molecular weight is 345 g/mol. The van der Waals surface area contributed by atoms with Crippen molar-refractivity contribution in [2.75, 3.05) is 6.61 Å². The topological polar surface area (TPSA) is 96.0 Å². The number of halogens is 1. The first-order valence-corrected chi connectivity index (χ1v) is 6.77. The molecule has 6 nitrogen and oxygen atoms in total. The molecule has 0 unspecified atom stereocenters. The van der Waals surface area contributed by atoms with Gasteiger partial charge in [-0.15, -0.1) is 0 Å². The smallest absolute Gasteiger partial charge is 0.312 e. The molecule has 0 saturated heterocycles. The SMILES string of the molecule is CC(C)(C)[C@@H](CO)N=Cc1cc(Br)cc([N+](=O)[O-])c1O. The maximum Gasteiger partial charge on any atom is 0.312 e. The number of nitro benzene ring substituents is 1. The zero-order valence-corrected chi connectivity index (χ0v) is 13.1. The minimum absolute atomic E-state index is 0.142. The minimum Gasteiger partial charge on any atom is -0.502 e. The van der Waals surface area contributed by atoms with Crippen LogP contribution < -0.4 is 0 Å². The molecule has 0 aromatic heterocycles. The van der Waals surface area contributed by atoms with E-state index in [-0.39, 0.29) is 23.6 Å². The molecule has 0 aliphatic carbocycles. The molecule has 0 fully saturated rings. The van der Waals surface area contributed by atoms with Crippen LogP contribution in [0.3, 0.4) is 0 Å². The zero-order chi connectivity index (χ0) is 15.5. The molecule has 0 bridgehead atoms. The van der Waals surface area contributed by atoms with Gasteiger partial charge in [0.15, 0.2) is 0 Å². The Balaban J connectivity index is 3.18. The van der Waals surface area contributed by atoms with Crippen LogP contribution in [0.1, 0.15) is 26.3 Å². The van der Waals surface area contributed by atoms with E-state index in [9.17, 15) is 20.3 Å². The molecule has 0 radical (unpaired) electrons. The molecule has 0 aliphatic rings. The number of nitro groups is 1. The highest BCUT2D eigenvalue weighted by Gasteiger charge is 2.23. The van der Waals surface area contributed by atoms with Crippen molar-refractivity contribution < 1.29 is 15.1 Å². The Morgan fingerprint density at radius 3 is 2.55 bits per heavy atom. The van der Waals surface area contributed by atoms with Gasteiger partial charge in [-0.2, -0.15) is 0 Å². The fraction of sp³-hybridized carbons (Fsp3) is 0.462. The molecular weight excluding hydrogens is 328 g/mol. The van der Waals surface area contributed by atoms with Crippen LogP contribution in [-0.4, -0.2) is 34.0 Å². The van der Waals surface area contributed by atoms with Gasteiger partial charge >= 0.3 is 5.69 Å². The van der Waals surface area contributed by atoms with Crippen molar-refractivity contribution in [1.29, 1.82) is 0 Å². The Morgan fingerprint density at radius 1 is 1.50 bits per heavy atom. The van der Waals surface area contributed by atoms with Gasteiger partial charge in [0.1, 0.15) is 0 Å². The third kappa shape index (κ3) is 4.01. The lowest BCUT2D eigenvalue weighted by Crippen LogP contribution is -2.28. The lowest BCUT2D eigenvalue weighted by atomic mass is 9.88. The van der Waals surface area contributed by atoms with Crippen molar-refractivity contribution in [3.63, 3.8) is 0 Å². The second kappa shape index (κ2) is 6.32. The van der Waals surface area contributed by atoms with Crippen LogP contribution in [0.4, 0.5) is 5.69 Å². The van der Waals surface area contributed by atoms with Crippen LogP contribution in [0, 0.1) is 15.5 Å². The number of rotatable bonds is 4. The summed E-state index contributed by atoms with van der Waals surface area (Å²) < 4.78 is 0.472. The van der Waals surface area contributed by atoms with Crippen molar-refractivity contribution in [2.45, 2.75) is 26.8 Å². The zero-order valence-electron chi connectivity index (χ0n) is 11.5. The van der Waals surface area contributed by atoms with Gasteiger partial charge in [0.05, 0.1) is 17.6 Å². The van der Waals surface area contributed by atoms with Gasteiger partial charge in [-0.1, -0.05) is 36.7 Å². The molecule has 1 atom stereocenters. The third-order valence-corrected chi connectivity index (χ3v) is 3.30. The highest BCUT2D eigenvalue weighted by Crippen LogP contribution is 2.32. The summed E-state index contributed by atoms with van der Waals surface area (Å²) in [5.74, 6) is -0.437. The van der Waals surface area contributed by atoms with Crippen molar-refractivity contribution >= 4 is 27.8 Å². The summed E-state index contributed by atoms with van der Waals surface area (Å²) in [5.41, 5.74) is -0.412. The standard InChI is InChI=1S/C13H17BrN2O4/c1-13(2,3)11(7-17)15-6-8-4-9(14)5-10(12(8)18)16(19)20/h4-6,11,17-18H,7H2,1-3H3/t11-/m1/s1. The first kappa shape index (κ1) is 16.6. The predicted molar refractivity (Wildman–Crippen MR) is 80.4 cm³/mol. The number of benzene rings is 1. The number of hydrogen-bond donors (Lipinski definition) is 2. The maximum absolute atomic E-state index is 10.8. The summed E-state index contributed by atoms with van der Waals surface area (Å²) in [6.07, 6.45) is 1.35. The lowest BCUT2D eigenvalue weighted by Gasteiger charge is -2.25. The van der Waals surface area contributed by atoms with E-state index in [1.165, 1.54) is 18.3 Å². The summed E-state index contributed by atoms with van der Waals surface area (Å²) in [4.78, 5) is 14.4. The summed E-state index contributed by atoms with van der Waals surface area (Å²) in [7, 11) is 0. The first-order chi connectivity index (χ1) is 9.16. The highest BCUT2D eigenvalue weighted by molar-refractivity contribution is 9.10. The van der Waals surface area contributed by atoms with E-state index in [0.717, 1.165) is 0 Å². The number of aliphatic hydroxyl groups excluding tert-OH is 1. The molecule has 0 amide bonds. The van der Waals surface area contributed by atoms with Crippen molar-refractivity contribution in [3.05, 3.63) is 32.3 Å². The quantitative estimate of drug-likeness (QED) is 0.498. The summed E-state index contributed by atoms with van der Waals surface area (Å²) in [6.45, 7) is 5.63. The van der Waals surface area contributed by atoms with Crippen molar-refractivity contribution in [2.24, 2.45) is 10.4 Å². The number of hydrogen-bond acceptors (Lipinski definition) is 5.